The largest absolute Gasteiger partial charge is 0.497 e. The number of hydrogen-bond acceptors (Lipinski definition) is 8. The van der Waals surface area contributed by atoms with Gasteiger partial charge < -0.3 is 24.3 Å². The number of nitrogens with zero attached hydrogens (tertiary/aromatic N) is 4. The number of carbonyl (C=O) groups excluding carboxylic acids is 2. The summed E-state index contributed by atoms with van der Waals surface area (Å²) in [4.78, 5) is 29.7. The predicted molar refractivity (Wildman–Crippen MR) is 152 cm³/mol. The molecule has 5 rings (SSSR count). The molecule has 0 unspecified atom stereocenters. The van der Waals surface area contributed by atoms with Gasteiger partial charge in [-0.3, -0.25) is 14.5 Å². The number of nitrogens with one attached hydrogen (secondary N) is 1. The molecule has 1 aromatic heterocycles. The van der Waals surface area contributed by atoms with Crippen LogP contribution in [-0.4, -0.2) is 67.4 Å². The maximum atomic E-state index is 14.3. The average Bonchev–Trinajstić information content (AvgIpc) is 3.68. The van der Waals surface area contributed by atoms with E-state index in [-0.39, 0.29) is 24.5 Å². The maximum Gasteiger partial charge on any atom is 0.249 e. The van der Waals surface area contributed by atoms with Crippen LogP contribution in [0.25, 0.3) is 11.0 Å². The van der Waals surface area contributed by atoms with E-state index in [2.05, 4.69) is 15.6 Å². The van der Waals surface area contributed by atoms with Crippen molar-refractivity contribution in [1.29, 1.82) is 0 Å². The fraction of sp³-hybridized carbons (Fsp3) is 0.333. The van der Waals surface area contributed by atoms with Crippen molar-refractivity contribution in [1.82, 2.24) is 20.3 Å². The van der Waals surface area contributed by atoms with Crippen LogP contribution in [0.2, 0.25) is 0 Å². The highest BCUT2D eigenvalue weighted by atomic mass is 16.5. The van der Waals surface area contributed by atoms with Crippen LogP contribution >= 0.6 is 0 Å². The summed E-state index contributed by atoms with van der Waals surface area (Å²) >= 11 is 0. The van der Waals surface area contributed by atoms with Gasteiger partial charge in [0.2, 0.25) is 11.8 Å². The number of anilines is 1. The molecule has 2 amide bonds. The number of methoxy groups -OCH3 is 3. The number of amides is 2. The third-order valence-corrected chi connectivity index (χ3v) is 7.06. The quantitative estimate of drug-likeness (QED) is 0.297. The molecule has 0 bridgehead atoms. The van der Waals surface area contributed by atoms with Gasteiger partial charge in [-0.05, 0) is 54.8 Å². The molecule has 2 atom stereocenters. The van der Waals surface area contributed by atoms with Crippen LogP contribution in [0.1, 0.15) is 24.4 Å². The summed E-state index contributed by atoms with van der Waals surface area (Å²) in [7, 11) is 4.61. The fourth-order valence-electron chi connectivity index (χ4n) is 5.00. The number of fused-ring (bicyclic) bond motifs is 1. The van der Waals surface area contributed by atoms with E-state index in [1.54, 1.807) is 49.6 Å². The van der Waals surface area contributed by atoms with Crippen molar-refractivity contribution in [2.24, 2.45) is 0 Å². The second-order valence-electron chi connectivity index (χ2n) is 9.60. The highest BCUT2D eigenvalue weighted by Gasteiger charge is 2.34. The van der Waals surface area contributed by atoms with Gasteiger partial charge in [-0.25, -0.2) is 4.68 Å². The minimum absolute atomic E-state index is 0.0725. The molecule has 1 fully saturated rings. The van der Waals surface area contributed by atoms with Crippen molar-refractivity contribution in [3.05, 3.63) is 72.3 Å². The smallest absolute Gasteiger partial charge is 0.249 e. The Morgan fingerprint density at radius 1 is 1.02 bits per heavy atom. The summed E-state index contributed by atoms with van der Waals surface area (Å²) in [6.45, 7) is 0.845. The molecule has 214 valence electrons. The molecular weight excluding hydrogens is 526 g/mol. The van der Waals surface area contributed by atoms with E-state index in [1.807, 2.05) is 24.3 Å². The van der Waals surface area contributed by atoms with Crippen LogP contribution in [0.4, 0.5) is 5.69 Å². The van der Waals surface area contributed by atoms with Crippen molar-refractivity contribution in [3.63, 3.8) is 0 Å². The van der Waals surface area contributed by atoms with Crippen molar-refractivity contribution in [2.75, 3.05) is 39.4 Å². The number of rotatable bonds is 11. The molecular formula is C30H33N5O6. The normalized spacial score (nSPS) is 15.3. The Kier molecular flexibility index (Phi) is 8.64. The maximum absolute atomic E-state index is 14.3. The molecule has 0 saturated carbocycles. The molecule has 1 aliphatic heterocycles. The Morgan fingerprint density at radius 3 is 2.61 bits per heavy atom. The van der Waals surface area contributed by atoms with E-state index in [4.69, 9.17) is 18.9 Å². The van der Waals surface area contributed by atoms with Gasteiger partial charge in [-0.2, -0.15) is 0 Å². The summed E-state index contributed by atoms with van der Waals surface area (Å²) < 4.78 is 23.7. The molecule has 0 aliphatic carbocycles. The first kappa shape index (κ1) is 27.9. The number of aromatic nitrogens is 3. The number of benzene rings is 3. The van der Waals surface area contributed by atoms with Crippen LogP contribution in [0.5, 0.6) is 17.2 Å². The van der Waals surface area contributed by atoms with Crippen molar-refractivity contribution >= 4 is 28.5 Å². The van der Waals surface area contributed by atoms with E-state index in [9.17, 15) is 9.59 Å². The summed E-state index contributed by atoms with van der Waals surface area (Å²) in [5.41, 5.74) is 2.38. The Balaban J connectivity index is 1.59. The fourth-order valence-corrected chi connectivity index (χ4v) is 5.00. The number of para-hydroxylation sites is 1. The third-order valence-electron chi connectivity index (χ3n) is 7.06. The Morgan fingerprint density at radius 2 is 1.85 bits per heavy atom. The number of carbonyl (C=O) groups is 2. The topological polar surface area (TPSA) is 117 Å². The van der Waals surface area contributed by atoms with Gasteiger partial charge in [0.25, 0.3) is 0 Å². The first-order valence-corrected chi connectivity index (χ1v) is 13.4. The molecule has 11 heteroatoms. The molecule has 0 radical (unpaired) electrons. The zero-order chi connectivity index (χ0) is 28.8. The molecule has 0 spiro atoms. The lowest BCUT2D eigenvalue weighted by atomic mass is 10.0. The Labute approximate surface area is 237 Å². The lowest BCUT2D eigenvalue weighted by Gasteiger charge is -2.32. The molecule has 4 aromatic rings. The standard InChI is InChI=1S/C30H33N5O6/c1-38-22-9-6-8-20(16-22)29(30(37)31-18-23-10-7-15-41-23)35(21-13-14-26(39-2)27(17-21)40-3)28(36)19-34-25-12-5-4-11-24(25)32-33-34/h4-6,8-9,11-14,16-17,23,29H,7,10,15,18-19H2,1-3H3,(H,31,37)/t23-,29-/m0/s1. The molecule has 11 nitrogen and oxygen atoms in total. The first-order chi connectivity index (χ1) is 20.0. The minimum atomic E-state index is -1.05. The summed E-state index contributed by atoms with van der Waals surface area (Å²) in [5.74, 6) is 0.722. The molecule has 2 heterocycles. The van der Waals surface area contributed by atoms with E-state index in [0.29, 0.717) is 52.7 Å². The average molecular weight is 560 g/mol. The van der Waals surface area contributed by atoms with E-state index < -0.39 is 6.04 Å². The molecule has 3 aromatic carbocycles. The van der Waals surface area contributed by atoms with Crippen LogP contribution in [0.15, 0.2) is 66.7 Å². The summed E-state index contributed by atoms with van der Waals surface area (Å²) in [6, 6.07) is 18.6. The monoisotopic (exact) mass is 559 g/mol. The van der Waals surface area contributed by atoms with Crippen LogP contribution in [0, 0.1) is 0 Å². The Hall–Kier alpha value is -4.64. The van der Waals surface area contributed by atoms with Gasteiger partial charge in [0, 0.05) is 24.9 Å². The van der Waals surface area contributed by atoms with Crippen LogP contribution in [-0.2, 0) is 20.9 Å². The van der Waals surface area contributed by atoms with E-state index >= 15 is 0 Å². The van der Waals surface area contributed by atoms with Crippen LogP contribution in [0.3, 0.4) is 0 Å². The molecule has 1 saturated heterocycles. The predicted octanol–water partition coefficient (Wildman–Crippen LogP) is 3.53. The van der Waals surface area contributed by atoms with Crippen molar-refractivity contribution in [3.8, 4) is 17.2 Å². The molecule has 41 heavy (non-hydrogen) atoms. The second kappa shape index (κ2) is 12.7. The Bertz CT molecular complexity index is 1520. The van der Waals surface area contributed by atoms with Crippen LogP contribution < -0.4 is 24.4 Å². The van der Waals surface area contributed by atoms with Gasteiger partial charge in [0.1, 0.15) is 23.9 Å². The van der Waals surface area contributed by atoms with Gasteiger partial charge in [-0.15, -0.1) is 5.10 Å². The number of ether oxygens (including phenoxy) is 4. The van der Waals surface area contributed by atoms with Gasteiger partial charge >= 0.3 is 0 Å². The van der Waals surface area contributed by atoms with Crippen molar-refractivity contribution in [2.45, 2.75) is 31.5 Å². The van der Waals surface area contributed by atoms with Crippen molar-refractivity contribution < 1.29 is 28.5 Å². The van der Waals surface area contributed by atoms with E-state index in [0.717, 1.165) is 12.8 Å². The number of hydrogen-bond donors (Lipinski definition) is 1. The minimum Gasteiger partial charge on any atom is -0.497 e. The second-order valence-corrected chi connectivity index (χ2v) is 9.60. The molecule has 1 aliphatic rings. The summed E-state index contributed by atoms with van der Waals surface area (Å²) in [5, 5.41) is 11.4. The highest BCUT2D eigenvalue weighted by molar-refractivity contribution is 6.01. The SMILES string of the molecule is COc1cccc([C@@H](C(=O)NC[C@@H]2CCCO2)N(C(=O)Cn2nnc3ccccc32)c2ccc(OC)c(OC)c2)c1. The van der Waals surface area contributed by atoms with Gasteiger partial charge in [0.15, 0.2) is 11.5 Å². The zero-order valence-electron chi connectivity index (χ0n) is 23.3. The zero-order valence-corrected chi connectivity index (χ0v) is 23.3. The van der Waals surface area contributed by atoms with E-state index in [1.165, 1.54) is 23.8 Å². The lowest BCUT2D eigenvalue weighted by Crippen LogP contribution is -2.46. The molecule has 1 N–H and O–H groups in total. The summed E-state index contributed by atoms with van der Waals surface area (Å²) in [6.07, 6.45) is 1.74. The third kappa shape index (κ3) is 6.09. The van der Waals surface area contributed by atoms with Gasteiger partial charge in [-0.1, -0.05) is 29.5 Å². The lowest BCUT2D eigenvalue weighted by molar-refractivity contribution is -0.127. The first-order valence-electron chi connectivity index (χ1n) is 13.4. The highest BCUT2D eigenvalue weighted by Crippen LogP contribution is 2.36. The van der Waals surface area contributed by atoms with Gasteiger partial charge in [0.05, 0.1) is 33.0 Å².